The molecule has 0 aromatic carbocycles. The van der Waals surface area contributed by atoms with Crippen molar-refractivity contribution >= 4 is 0 Å². The Morgan fingerprint density at radius 3 is 1.71 bits per heavy atom. The highest BCUT2D eigenvalue weighted by atomic mass is 15.1. The molecule has 1 aliphatic heterocycles. The van der Waals surface area contributed by atoms with Crippen LogP contribution in [0.4, 0.5) is 0 Å². The number of hydrogen-bond donors (Lipinski definition) is 0. The molecule has 0 aromatic heterocycles. The summed E-state index contributed by atoms with van der Waals surface area (Å²) in [5.74, 6) is 0. The molecule has 102 valence electrons. The number of rotatable bonds is 2. The van der Waals surface area contributed by atoms with Crippen LogP contribution < -0.4 is 0 Å². The predicted molar refractivity (Wildman–Crippen MR) is 83.3 cm³/mol. The molecule has 0 fully saturated rings. The van der Waals surface area contributed by atoms with Crippen molar-refractivity contribution in [2.24, 2.45) is 0 Å². The smallest absolute Gasteiger partial charge is 0.0390 e. The van der Waals surface area contributed by atoms with Crippen molar-refractivity contribution < 1.29 is 0 Å². The van der Waals surface area contributed by atoms with Crippen LogP contribution in [0, 0.1) is 0 Å². The van der Waals surface area contributed by atoms with Crippen LogP contribution in [0.25, 0.3) is 0 Å². The van der Waals surface area contributed by atoms with Crippen LogP contribution >= 0.6 is 0 Å². The molecular weight excluding hydrogens is 206 g/mol. The third-order valence-electron chi connectivity index (χ3n) is 1.90. The van der Waals surface area contributed by atoms with Gasteiger partial charge in [0.2, 0.25) is 0 Å². The van der Waals surface area contributed by atoms with Crippen LogP contribution in [0.3, 0.4) is 0 Å². The van der Waals surface area contributed by atoms with E-state index in [0.717, 1.165) is 13.0 Å². The Morgan fingerprint density at radius 2 is 1.47 bits per heavy atom. The van der Waals surface area contributed by atoms with Crippen LogP contribution in [-0.4, -0.2) is 18.5 Å². The molecule has 1 heterocycles. The van der Waals surface area contributed by atoms with Crippen molar-refractivity contribution in [3.05, 3.63) is 36.6 Å². The van der Waals surface area contributed by atoms with E-state index in [1.54, 1.807) is 0 Å². The summed E-state index contributed by atoms with van der Waals surface area (Å²) in [5, 5.41) is 0. The number of allylic oxidation sites excluding steroid dienone is 2. The molecule has 1 nitrogen and oxygen atoms in total. The van der Waals surface area contributed by atoms with Crippen LogP contribution in [0.5, 0.6) is 0 Å². The van der Waals surface area contributed by atoms with Gasteiger partial charge < -0.3 is 4.90 Å². The van der Waals surface area contributed by atoms with Gasteiger partial charge in [0.1, 0.15) is 0 Å². The van der Waals surface area contributed by atoms with Crippen molar-refractivity contribution in [1.29, 1.82) is 0 Å². The molecule has 0 saturated carbocycles. The Hall–Kier alpha value is -0.980. The lowest BCUT2D eigenvalue weighted by molar-refractivity contribution is 0.472. The zero-order valence-electron chi connectivity index (χ0n) is 13.1. The van der Waals surface area contributed by atoms with Gasteiger partial charge in [0.05, 0.1) is 0 Å². The van der Waals surface area contributed by atoms with E-state index in [4.69, 9.17) is 0 Å². The number of hydrogen-bond acceptors (Lipinski definition) is 1. The van der Waals surface area contributed by atoms with E-state index < -0.39 is 0 Å². The molecule has 17 heavy (non-hydrogen) atoms. The topological polar surface area (TPSA) is 3.24 Å². The van der Waals surface area contributed by atoms with E-state index in [1.165, 1.54) is 17.7 Å². The Balaban J connectivity index is -0.000000239. The van der Waals surface area contributed by atoms with Gasteiger partial charge >= 0.3 is 0 Å². The molecule has 0 radical (unpaired) electrons. The molecule has 0 spiro atoms. The summed E-state index contributed by atoms with van der Waals surface area (Å²) in [6.45, 7) is 20.8. The maximum atomic E-state index is 3.74. The highest BCUT2D eigenvalue weighted by Gasteiger charge is 2.13. The molecular formula is C16H33N. The zero-order chi connectivity index (χ0) is 14.3. The van der Waals surface area contributed by atoms with E-state index in [0.29, 0.717) is 0 Å². The molecule has 1 rings (SSSR count). The minimum absolute atomic E-state index is 1.10. The Labute approximate surface area is 110 Å². The molecule has 0 unspecified atom stereocenters. The predicted octanol–water partition coefficient (Wildman–Crippen LogP) is 5.42. The molecule has 0 amide bonds. The third kappa shape index (κ3) is 9.92. The minimum atomic E-state index is 1.10. The minimum Gasteiger partial charge on any atom is -0.374 e. The van der Waals surface area contributed by atoms with E-state index in [2.05, 4.69) is 39.0 Å². The summed E-state index contributed by atoms with van der Waals surface area (Å²) in [5.41, 5.74) is 2.55. The summed E-state index contributed by atoms with van der Waals surface area (Å²) < 4.78 is 0. The summed E-state index contributed by atoms with van der Waals surface area (Å²) in [4.78, 5) is 2.20. The molecule has 0 N–H and O–H groups in total. The average Bonchev–Trinajstić information content (AvgIpc) is 2.75. The number of likely N-dealkylation sites (N-methyl/N-ethyl adjacent to an activating group) is 1. The first-order valence-electron chi connectivity index (χ1n) is 6.90. The van der Waals surface area contributed by atoms with Crippen LogP contribution in [0.15, 0.2) is 36.6 Å². The maximum Gasteiger partial charge on any atom is 0.0390 e. The van der Waals surface area contributed by atoms with Crippen molar-refractivity contribution in [3.8, 4) is 0 Å². The van der Waals surface area contributed by atoms with Crippen molar-refractivity contribution in [3.63, 3.8) is 0 Å². The Bertz CT molecular complexity index is 202. The highest BCUT2D eigenvalue weighted by molar-refractivity contribution is 5.33. The van der Waals surface area contributed by atoms with Gasteiger partial charge in [-0.2, -0.15) is 0 Å². The highest BCUT2D eigenvalue weighted by Crippen LogP contribution is 2.21. The van der Waals surface area contributed by atoms with Gasteiger partial charge in [0, 0.05) is 19.3 Å². The van der Waals surface area contributed by atoms with E-state index in [1.807, 2.05) is 39.8 Å². The van der Waals surface area contributed by atoms with Gasteiger partial charge in [0.15, 0.2) is 0 Å². The third-order valence-corrected chi connectivity index (χ3v) is 1.90. The SMILES string of the molecule is C=CC1=C(C=C)N(C)CC1.CC.CC.CCC. The molecule has 0 aliphatic carbocycles. The van der Waals surface area contributed by atoms with E-state index in [-0.39, 0.29) is 0 Å². The largest absolute Gasteiger partial charge is 0.374 e. The van der Waals surface area contributed by atoms with Crippen molar-refractivity contribution in [2.45, 2.75) is 54.4 Å². The van der Waals surface area contributed by atoms with Gasteiger partial charge in [-0.1, -0.05) is 67.2 Å². The summed E-state index contributed by atoms with van der Waals surface area (Å²) in [6.07, 6.45) is 6.17. The number of nitrogens with zero attached hydrogens (tertiary/aromatic N) is 1. The summed E-state index contributed by atoms with van der Waals surface area (Å²) in [7, 11) is 2.08. The lowest BCUT2D eigenvalue weighted by Gasteiger charge is -2.11. The molecule has 0 atom stereocenters. The standard InChI is InChI=1S/C9H13N.C3H8.2C2H6/c1-4-8-6-7-10(3)9(8)5-2;1-3-2;2*1-2/h4-5H,1-2,6-7H2,3H3;3H2,1-2H3;2*1-2H3. The fraction of sp³-hybridized carbons (Fsp3) is 0.625. The second kappa shape index (κ2) is 17.4. The second-order valence-corrected chi connectivity index (χ2v) is 3.20. The van der Waals surface area contributed by atoms with Gasteiger partial charge in [-0.05, 0) is 18.1 Å². The first-order valence-corrected chi connectivity index (χ1v) is 6.90. The Kier molecular flexibility index (Phi) is 21.8. The Morgan fingerprint density at radius 1 is 1.06 bits per heavy atom. The molecule has 0 bridgehead atoms. The first kappa shape index (κ1) is 21.3. The monoisotopic (exact) mass is 239 g/mol. The zero-order valence-corrected chi connectivity index (χ0v) is 13.1. The van der Waals surface area contributed by atoms with Gasteiger partial charge in [-0.3, -0.25) is 0 Å². The fourth-order valence-electron chi connectivity index (χ4n) is 1.28. The van der Waals surface area contributed by atoms with Crippen LogP contribution in [0.2, 0.25) is 0 Å². The molecule has 0 saturated heterocycles. The second-order valence-electron chi connectivity index (χ2n) is 3.20. The average molecular weight is 239 g/mol. The van der Waals surface area contributed by atoms with E-state index in [9.17, 15) is 0 Å². The fourth-order valence-corrected chi connectivity index (χ4v) is 1.28. The van der Waals surface area contributed by atoms with Crippen LogP contribution in [0.1, 0.15) is 54.4 Å². The maximum absolute atomic E-state index is 3.74. The van der Waals surface area contributed by atoms with Crippen molar-refractivity contribution in [2.75, 3.05) is 13.6 Å². The molecule has 0 aromatic rings. The van der Waals surface area contributed by atoms with E-state index >= 15 is 0 Å². The van der Waals surface area contributed by atoms with Crippen molar-refractivity contribution in [1.82, 2.24) is 4.90 Å². The molecule has 1 aliphatic rings. The quantitative estimate of drug-likeness (QED) is 0.622. The normalized spacial score (nSPS) is 12.3. The summed E-state index contributed by atoms with van der Waals surface area (Å²) >= 11 is 0. The van der Waals surface area contributed by atoms with Gasteiger partial charge in [0.25, 0.3) is 0 Å². The lowest BCUT2D eigenvalue weighted by Crippen LogP contribution is -2.10. The first-order chi connectivity index (χ1) is 8.21. The van der Waals surface area contributed by atoms with Gasteiger partial charge in [-0.15, -0.1) is 0 Å². The molecule has 1 heteroatoms. The summed E-state index contributed by atoms with van der Waals surface area (Å²) in [6, 6.07) is 0. The van der Waals surface area contributed by atoms with Gasteiger partial charge in [-0.25, -0.2) is 0 Å². The lowest BCUT2D eigenvalue weighted by atomic mass is 10.2. The van der Waals surface area contributed by atoms with Crippen LogP contribution in [-0.2, 0) is 0 Å².